The van der Waals surface area contributed by atoms with Gasteiger partial charge < -0.3 is 24.6 Å². The van der Waals surface area contributed by atoms with E-state index in [4.69, 9.17) is 30.9 Å². The summed E-state index contributed by atoms with van der Waals surface area (Å²) in [5.41, 5.74) is 2.03. The fourth-order valence-electron chi connectivity index (χ4n) is 2.25. The van der Waals surface area contributed by atoms with Gasteiger partial charge in [0, 0.05) is 24.8 Å². The highest BCUT2D eigenvalue weighted by Crippen LogP contribution is 2.29. The minimum absolute atomic E-state index is 0. The fraction of sp³-hybridized carbons (Fsp3) is 0.421. The van der Waals surface area contributed by atoms with Gasteiger partial charge >= 0.3 is 0 Å². The number of nitrogens with one attached hydrogen (secondary N) is 1. The summed E-state index contributed by atoms with van der Waals surface area (Å²) in [6.07, 6.45) is 1.69. The van der Waals surface area contributed by atoms with Gasteiger partial charge in [-0.05, 0) is 30.7 Å². The summed E-state index contributed by atoms with van der Waals surface area (Å²) >= 11 is 5.79. The van der Waals surface area contributed by atoms with Gasteiger partial charge in [0.1, 0.15) is 11.8 Å². The van der Waals surface area contributed by atoms with E-state index in [1.165, 1.54) is 0 Å². The van der Waals surface area contributed by atoms with Crippen molar-refractivity contribution >= 4 is 24.0 Å². The Morgan fingerprint density at radius 3 is 2.59 bits per heavy atom. The van der Waals surface area contributed by atoms with Crippen LogP contribution in [0.3, 0.4) is 0 Å². The zero-order chi connectivity index (χ0) is 18.6. The number of hydrogen-bond donors (Lipinski definition) is 2. The number of nitrogens with zero attached hydrogens (tertiary/aromatic N) is 1. The van der Waals surface area contributed by atoms with E-state index in [0.29, 0.717) is 56.2 Å². The zero-order valence-corrected chi connectivity index (χ0v) is 16.9. The van der Waals surface area contributed by atoms with Crippen molar-refractivity contribution in [3.05, 3.63) is 52.8 Å². The summed E-state index contributed by atoms with van der Waals surface area (Å²) in [7, 11) is 0. The average Bonchev–Trinajstić information content (AvgIpc) is 2.65. The predicted octanol–water partition coefficient (Wildman–Crippen LogP) is 3.23. The third-order valence-corrected chi connectivity index (χ3v) is 3.70. The number of hydrogen-bond acceptors (Lipinski definition) is 6. The monoisotopic (exact) mass is 416 g/mol. The molecule has 2 rings (SSSR count). The maximum atomic E-state index is 8.66. The molecule has 0 amide bonds. The van der Waals surface area contributed by atoms with Crippen LogP contribution in [0.25, 0.3) is 0 Å². The van der Waals surface area contributed by atoms with Gasteiger partial charge in [0.15, 0.2) is 11.5 Å². The first-order valence-electron chi connectivity index (χ1n) is 8.61. The van der Waals surface area contributed by atoms with Crippen LogP contribution in [0.5, 0.6) is 11.5 Å². The summed E-state index contributed by atoms with van der Waals surface area (Å²) in [5.74, 6) is 1.40. The van der Waals surface area contributed by atoms with Crippen LogP contribution in [0.1, 0.15) is 18.1 Å². The van der Waals surface area contributed by atoms with Gasteiger partial charge in [-0.3, -0.25) is 0 Å². The van der Waals surface area contributed by atoms with Crippen LogP contribution < -0.4 is 14.8 Å². The summed E-state index contributed by atoms with van der Waals surface area (Å²) in [6.45, 7) is 5.28. The van der Waals surface area contributed by atoms with Crippen molar-refractivity contribution in [1.82, 2.24) is 10.3 Å². The largest absolute Gasteiger partial charge is 0.490 e. The molecular formula is C19H26Cl2N2O4. The van der Waals surface area contributed by atoms with Crippen molar-refractivity contribution in [2.45, 2.75) is 20.1 Å². The Morgan fingerprint density at radius 2 is 1.89 bits per heavy atom. The van der Waals surface area contributed by atoms with Gasteiger partial charge in [-0.2, -0.15) is 0 Å². The van der Waals surface area contributed by atoms with Gasteiger partial charge in [-0.15, -0.1) is 12.4 Å². The molecule has 0 atom stereocenters. The Hall–Kier alpha value is -1.57. The smallest absolute Gasteiger partial charge is 0.161 e. The lowest BCUT2D eigenvalue weighted by Crippen LogP contribution is -2.20. The lowest BCUT2D eigenvalue weighted by atomic mass is 10.2. The third kappa shape index (κ3) is 8.77. The van der Waals surface area contributed by atoms with Crippen LogP contribution in [0.4, 0.5) is 0 Å². The molecule has 1 aromatic heterocycles. The molecule has 0 aliphatic rings. The van der Waals surface area contributed by atoms with E-state index >= 15 is 0 Å². The second kappa shape index (κ2) is 13.6. The third-order valence-electron chi connectivity index (χ3n) is 3.48. The number of ether oxygens (including phenoxy) is 3. The molecule has 0 spiro atoms. The molecule has 0 unspecified atom stereocenters. The van der Waals surface area contributed by atoms with Gasteiger partial charge in [0.05, 0.1) is 26.4 Å². The molecule has 0 fully saturated rings. The second-order valence-corrected chi connectivity index (χ2v) is 5.89. The first-order valence-corrected chi connectivity index (χ1v) is 8.99. The van der Waals surface area contributed by atoms with Crippen molar-refractivity contribution in [1.29, 1.82) is 0 Å². The maximum Gasteiger partial charge on any atom is 0.161 e. The Bertz CT molecular complexity index is 657. The lowest BCUT2D eigenvalue weighted by molar-refractivity contribution is 0.0938. The summed E-state index contributed by atoms with van der Waals surface area (Å²) in [6, 6.07) is 9.50. The Kier molecular flexibility index (Phi) is 11.8. The molecule has 0 aliphatic carbocycles. The molecule has 6 nitrogen and oxygen atoms in total. The molecule has 27 heavy (non-hydrogen) atoms. The van der Waals surface area contributed by atoms with Gasteiger partial charge in [0.25, 0.3) is 0 Å². The van der Waals surface area contributed by atoms with E-state index in [0.717, 1.165) is 11.1 Å². The second-order valence-electron chi connectivity index (χ2n) is 5.50. The normalized spacial score (nSPS) is 10.3. The molecule has 8 heteroatoms. The quantitative estimate of drug-likeness (QED) is 0.408. The van der Waals surface area contributed by atoms with Crippen LogP contribution in [0, 0.1) is 0 Å². The topological polar surface area (TPSA) is 72.8 Å². The summed E-state index contributed by atoms with van der Waals surface area (Å²) < 4.78 is 16.8. The van der Waals surface area contributed by atoms with Gasteiger partial charge in [-0.1, -0.05) is 23.7 Å². The van der Waals surface area contributed by atoms with Crippen LogP contribution in [0.15, 0.2) is 36.5 Å². The molecule has 0 bridgehead atoms. The van der Waals surface area contributed by atoms with Crippen molar-refractivity contribution in [3.63, 3.8) is 0 Å². The fourth-order valence-corrected chi connectivity index (χ4v) is 2.36. The van der Waals surface area contributed by atoms with Crippen LogP contribution in [-0.4, -0.2) is 43.1 Å². The van der Waals surface area contributed by atoms with Crippen molar-refractivity contribution < 1.29 is 19.3 Å². The molecular weight excluding hydrogens is 391 g/mol. The molecule has 1 heterocycles. The van der Waals surface area contributed by atoms with Crippen LogP contribution >= 0.6 is 24.0 Å². The molecule has 0 aliphatic heterocycles. The molecule has 0 saturated heterocycles. The van der Waals surface area contributed by atoms with Crippen molar-refractivity contribution in [2.24, 2.45) is 0 Å². The lowest BCUT2D eigenvalue weighted by Gasteiger charge is -2.14. The average molecular weight is 417 g/mol. The van der Waals surface area contributed by atoms with Gasteiger partial charge in [0.2, 0.25) is 0 Å². The number of benzene rings is 1. The van der Waals surface area contributed by atoms with Crippen LogP contribution in [-0.2, 0) is 17.9 Å². The van der Waals surface area contributed by atoms with E-state index in [-0.39, 0.29) is 19.0 Å². The zero-order valence-electron chi connectivity index (χ0n) is 15.3. The van der Waals surface area contributed by atoms with Crippen molar-refractivity contribution in [3.8, 4) is 11.5 Å². The first kappa shape index (κ1) is 23.5. The summed E-state index contributed by atoms with van der Waals surface area (Å²) in [4.78, 5) is 4.05. The number of aliphatic hydroxyl groups is 1. The number of aliphatic hydroxyl groups excluding tert-OH is 1. The minimum Gasteiger partial charge on any atom is -0.490 e. The Labute approximate surface area is 171 Å². The number of pyridine rings is 1. The highest BCUT2D eigenvalue weighted by atomic mass is 35.5. The van der Waals surface area contributed by atoms with E-state index in [1.807, 2.05) is 31.2 Å². The highest BCUT2D eigenvalue weighted by Gasteiger charge is 2.07. The van der Waals surface area contributed by atoms with Crippen molar-refractivity contribution in [2.75, 3.05) is 33.0 Å². The Balaban J connectivity index is 0.00000364. The number of rotatable bonds is 12. The molecule has 0 radical (unpaired) electrons. The van der Waals surface area contributed by atoms with Crippen LogP contribution in [0.2, 0.25) is 5.15 Å². The standard InChI is InChI=1S/C19H25ClN2O4.ClH/c1-2-25-18-11-15(12-21-7-9-24-10-8-23)3-5-17(18)26-14-16-4-6-19(20)22-13-16;/h3-6,11,13,21,23H,2,7-10,12,14H2,1H3;1H. The molecule has 2 aromatic rings. The number of halogens is 2. The summed E-state index contributed by atoms with van der Waals surface area (Å²) in [5, 5.41) is 12.4. The molecule has 2 N–H and O–H groups in total. The van der Waals surface area contributed by atoms with Gasteiger partial charge in [-0.25, -0.2) is 4.98 Å². The van der Waals surface area contributed by atoms with E-state index in [1.54, 1.807) is 12.3 Å². The number of aromatic nitrogens is 1. The SMILES string of the molecule is CCOc1cc(CNCCOCCO)ccc1OCc1ccc(Cl)nc1.Cl. The van der Waals surface area contributed by atoms with E-state index < -0.39 is 0 Å². The molecule has 0 saturated carbocycles. The first-order chi connectivity index (χ1) is 12.7. The van der Waals surface area contributed by atoms with E-state index in [2.05, 4.69) is 10.3 Å². The maximum absolute atomic E-state index is 8.66. The predicted molar refractivity (Wildman–Crippen MR) is 108 cm³/mol. The Morgan fingerprint density at radius 1 is 1.07 bits per heavy atom. The minimum atomic E-state index is 0. The molecule has 150 valence electrons. The molecule has 1 aromatic carbocycles. The van der Waals surface area contributed by atoms with E-state index in [9.17, 15) is 0 Å². The highest BCUT2D eigenvalue weighted by molar-refractivity contribution is 6.29.